The Morgan fingerprint density at radius 3 is 2.65 bits per heavy atom. The fourth-order valence-corrected chi connectivity index (χ4v) is 2.27. The van der Waals surface area contributed by atoms with Crippen molar-refractivity contribution in [3.8, 4) is 0 Å². The summed E-state index contributed by atoms with van der Waals surface area (Å²) in [6.45, 7) is 2.11. The van der Waals surface area contributed by atoms with Gasteiger partial charge in [-0.05, 0) is 24.5 Å². The van der Waals surface area contributed by atoms with E-state index in [9.17, 15) is 4.79 Å². The SMILES string of the molecule is NC(Cc1ccccc1N1CCCC1)C(=O)O. The van der Waals surface area contributed by atoms with Crippen LogP contribution in [-0.2, 0) is 11.2 Å². The van der Waals surface area contributed by atoms with Gasteiger partial charge in [-0.25, -0.2) is 0 Å². The standard InChI is InChI=1S/C13H18N2O2/c14-11(13(16)17)9-10-5-1-2-6-12(10)15-7-3-4-8-15/h1-2,5-6,11H,3-4,7-9,14H2,(H,16,17). The van der Waals surface area contributed by atoms with Gasteiger partial charge in [0.05, 0.1) is 0 Å². The minimum absolute atomic E-state index is 0.391. The fraction of sp³-hybridized carbons (Fsp3) is 0.462. The molecule has 1 fully saturated rings. The Hall–Kier alpha value is -1.55. The van der Waals surface area contributed by atoms with Crippen LogP contribution < -0.4 is 10.6 Å². The number of carbonyl (C=O) groups is 1. The van der Waals surface area contributed by atoms with E-state index >= 15 is 0 Å². The van der Waals surface area contributed by atoms with Crippen LogP contribution in [0.5, 0.6) is 0 Å². The first kappa shape index (κ1) is 11.9. The van der Waals surface area contributed by atoms with Crippen molar-refractivity contribution in [1.29, 1.82) is 0 Å². The molecule has 92 valence electrons. The molecule has 0 aliphatic carbocycles. The predicted molar refractivity (Wildman–Crippen MR) is 67.2 cm³/mol. The third-order valence-electron chi connectivity index (χ3n) is 3.20. The molecular formula is C13H18N2O2. The van der Waals surface area contributed by atoms with Gasteiger partial charge in [0.1, 0.15) is 6.04 Å². The van der Waals surface area contributed by atoms with Crippen molar-refractivity contribution in [3.63, 3.8) is 0 Å². The Labute approximate surface area is 101 Å². The summed E-state index contributed by atoms with van der Waals surface area (Å²) >= 11 is 0. The van der Waals surface area contributed by atoms with E-state index in [2.05, 4.69) is 11.0 Å². The van der Waals surface area contributed by atoms with Gasteiger partial charge in [0.15, 0.2) is 0 Å². The third kappa shape index (κ3) is 2.77. The first-order chi connectivity index (χ1) is 8.18. The molecule has 0 amide bonds. The molecule has 0 bridgehead atoms. The second kappa shape index (κ2) is 5.19. The predicted octanol–water partition coefficient (Wildman–Crippen LogP) is 1.24. The number of hydrogen-bond donors (Lipinski definition) is 2. The number of nitrogens with zero attached hydrogens (tertiary/aromatic N) is 1. The summed E-state index contributed by atoms with van der Waals surface area (Å²) < 4.78 is 0. The normalized spacial score (nSPS) is 17.1. The zero-order valence-electron chi connectivity index (χ0n) is 9.80. The summed E-state index contributed by atoms with van der Waals surface area (Å²) in [4.78, 5) is 13.1. The maximum atomic E-state index is 10.8. The van der Waals surface area contributed by atoms with Crippen molar-refractivity contribution in [2.24, 2.45) is 5.73 Å². The smallest absolute Gasteiger partial charge is 0.320 e. The molecule has 0 saturated carbocycles. The molecule has 4 nitrogen and oxygen atoms in total. The van der Waals surface area contributed by atoms with E-state index in [1.54, 1.807) is 0 Å². The lowest BCUT2D eigenvalue weighted by atomic mass is 10.0. The molecule has 17 heavy (non-hydrogen) atoms. The maximum absolute atomic E-state index is 10.8. The minimum atomic E-state index is -0.943. The molecule has 4 heteroatoms. The minimum Gasteiger partial charge on any atom is -0.480 e. The highest BCUT2D eigenvalue weighted by Crippen LogP contribution is 2.25. The van der Waals surface area contributed by atoms with E-state index in [1.165, 1.54) is 12.8 Å². The average Bonchev–Trinajstić information content (AvgIpc) is 2.83. The van der Waals surface area contributed by atoms with Crippen LogP contribution in [-0.4, -0.2) is 30.2 Å². The number of rotatable bonds is 4. The lowest BCUT2D eigenvalue weighted by Gasteiger charge is -2.22. The van der Waals surface area contributed by atoms with Gasteiger partial charge in [0, 0.05) is 25.2 Å². The summed E-state index contributed by atoms with van der Waals surface area (Å²) in [6.07, 6.45) is 2.81. The van der Waals surface area contributed by atoms with Crippen LogP contribution in [0.1, 0.15) is 18.4 Å². The largest absolute Gasteiger partial charge is 0.480 e. The molecule has 1 unspecified atom stereocenters. The number of carboxylic acids is 1. The van der Waals surface area contributed by atoms with Crippen LogP contribution in [0.15, 0.2) is 24.3 Å². The van der Waals surface area contributed by atoms with E-state index in [0.29, 0.717) is 6.42 Å². The van der Waals surface area contributed by atoms with Crippen molar-refractivity contribution in [3.05, 3.63) is 29.8 Å². The van der Waals surface area contributed by atoms with Crippen molar-refractivity contribution in [1.82, 2.24) is 0 Å². The summed E-state index contributed by atoms with van der Waals surface area (Å²) in [6, 6.07) is 7.12. The summed E-state index contributed by atoms with van der Waals surface area (Å²) in [5, 5.41) is 8.86. The zero-order valence-corrected chi connectivity index (χ0v) is 9.80. The number of hydrogen-bond acceptors (Lipinski definition) is 3. The van der Waals surface area contributed by atoms with E-state index in [1.807, 2.05) is 18.2 Å². The van der Waals surface area contributed by atoms with Crippen LogP contribution in [0.4, 0.5) is 5.69 Å². The van der Waals surface area contributed by atoms with Gasteiger partial charge in [-0.1, -0.05) is 18.2 Å². The van der Waals surface area contributed by atoms with Gasteiger partial charge in [-0.3, -0.25) is 4.79 Å². The number of aliphatic carboxylic acids is 1. The van der Waals surface area contributed by atoms with Crippen molar-refractivity contribution < 1.29 is 9.90 Å². The Morgan fingerprint density at radius 1 is 1.35 bits per heavy atom. The van der Waals surface area contributed by atoms with Gasteiger partial charge >= 0.3 is 5.97 Å². The number of anilines is 1. The molecule has 1 aromatic rings. The summed E-state index contributed by atoms with van der Waals surface area (Å²) in [5.74, 6) is -0.943. The van der Waals surface area contributed by atoms with E-state index < -0.39 is 12.0 Å². The molecule has 1 heterocycles. The highest BCUT2D eigenvalue weighted by Gasteiger charge is 2.18. The fourth-order valence-electron chi connectivity index (χ4n) is 2.27. The molecule has 0 spiro atoms. The van der Waals surface area contributed by atoms with Gasteiger partial charge in [-0.2, -0.15) is 0 Å². The first-order valence-corrected chi connectivity index (χ1v) is 5.99. The highest BCUT2D eigenvalue weighted by molar-refractivity contribution is 5.74. The average molecular weight is 234 g/mol. The highest BCUT2D eigenvalue weighted by atomic mass is 16.4. The number of nitrogens with two attached hydrogens (primary N) is 1. The van der Waals surface area contributed by atoms with Gasteiger partial charge in [-0.15, -0.1) is 0 Å². The van der Waals surface area contributed by atoms with Gasteiger partial charge < -0.3 is 15.7 Å². The lowest BCUT2D eigenvalue weighted by molar-refractivity contribution is -0.138. The molecule has 1 saturated heterocycles. The Morgan fingerprint density at radius 2 is 2.00 bits per heavy atom. The lowest BCUT2D eigenvalue weighted by Crippen LogP contribution is -2.33. The molecule has 1 aliphatic rings. The third-order valence-corrected chi connectivity index (χ3v) is 3.20. The van der Waals surface area contributed by atoms with E-state index in [-0.39, 0.29) is 0 Å². The first-order valence-electron chi connectivity index (χ1n) is 5.99. The van der Waals surface area contributed by atoms with E-state index in [4.69, 9.17) is 10.8 Å². The topological polar surface area (TPSA) is 66.6 Å². The van der Waals surface area contributed by atoms with Gasteiger partial charge in [0.25, 0.3) is 0 Å². The van der Waals surface area contributed by atoms with Crippen LogP contribution in [0, 0.1) is 0 Å². The van der Waals surface area contributed by atoms with Crippen molar-refractivity contribution in [2.75, 3.05) is 18.0 Å². The van der Waals surface area contributed by atoms with Crippen LogP contribution in [0.2, 0.25) is 0 Å². The van der Waals surface area contributed by atoms with Crippen LogP contribution in [0.25, 0.3) is 0 Å². The Bertz CT molecular complexity index is 400. The number of para-hydroxylation sites is 1. The number of carboxylic acid groups (broad SMARTS) is 1. The Kier molecular flexibility index (Phi) is 3.64. The van der Waals surface area contributed by atoms with Crippen LogP contribution >= 0.6 is 0 Å². The molecule has 0 radical (unpaired) electrons. The molecule has 1 atom stereocenters. The van der Waals surface area contributed by atoms with Crippen molar-refractivity contribution in [2.45, 2.75) is 25.3 Å². The molecular weight excluding hydrogens is 216 g/mol. The number of benzene rings is 1. The summed E-state index contributed by atoms with van der Waals surface area (Å²) in [7, 11) is 0. The zero-order chi connectivity index (χ0) is 12.3. The second-order valence-electron chi connectivity index (χ2n) is 4.47. The molecule has 1 aliphatic heterocycles. The van der Waals surface area contributed by atoms with E-state index in [0.717, 1.165) is 24.3 Å². The van der Waals surface area contributed by atoms with Crippen LogP contribution in [0.3, 0.4) is 0 Å². The second-order valence-corrected chi connectivity index (χ2v) is 4.47. The van der Waals surface area contributed by atoms with Crippen molar-refractivity contribution >= 4 is 11.7 Å². The monoisotopic (exact) mass is 234 g/mol. The molecule has 1 aromatic carbocycles. The maximum Gasteiger partial charge on any atom is 0.320 e. The molecule has 0 aromatic heterocycles. The molecule has 2 rings (SSSR count). The van der Waals surface area contributed by atoms with Gasteiger partial charge in [0.2, 0.25) is 0 Å². The summed E-state index contributed by atoms with van der Waals surface area (Å²) in [5.41, 5.74) is 7.77. The molecule has 3 N–H and O–H groups in total. The quantitative estimate of drug-likeness (QED) is 0.822. The Balaban J connectivity index is 2.18.